The highest BCUT2D eigenvalue weighted by Gasteiger charge is 2.26. The molecule has 1 aliphatic rings. The predicted molar refractivity (Wildman–Crippen MR) is 67.4 cm³/mol. The van der Waals surface area contributed by atoms with Gasteiger partial charge in [-0.15, -0.1) is 0 Å². The minimum Gasteiger partial charge on any atom is -0.328 e. The fourth-order valence-electron chi connectivity index (χ4n) is 2.50. The first-order valence-electron chi connectivity index (χ1n) is 6.38. The van der Waals surface area contributed by atoms with E-state index in [1.807, 2.05) is 4.68 Å². The summed E-state index contributed by atoms with van der Waals surface area (Å²) in [6.45, 7) is 6.23. The van der Waals surface area contributed by atoms with Crippen LogP contribution in [-0.2, 0) is 6.54 Å². The molecule has 1 aromatic rings. The topological polar surface area (TPSA) is 60.0 Å². The molecule has 0 saturated heterocycles. The summed E-state index contributed by atoms with van der Waals surface area (Å²) in [6.07, 6.45) is 3.98. The van der Waals surface area contributed by atoms with Crippen LogP contribution in [0.4, 0.5) is 0 Å². The molecule has 0 bridgehead atoms. The van der Waals surface area contributed by atoms with Gasteiger partial charge in [0.05, 0.1) is 6.54 Å². The van der Waals surface area contributed by atoms with E-state index in [-0.39, 0.29) is 0 Å². The van der Waals surface area contributed by atoms with Crippen LogP contribution in [0, 0.1) is 5.92 Å². The van der Waals surface area contributed by atoms with Gasteiger partial charge in [0, 0.05) is 18.6 Å². The number of aromatic nitrogens is 3. The van der Waals surface area contributed by atoms with E-state index in [9.17, 15) is 0 Å². The number of rotatable bonds is 5. The molecule has 5 heteroatoms. The lowest BCUT2D eigenvalue weighted by Crippen LogP contribution is -2.41. The maximum absolute atomic E-state index is 5.80. The summed E-state index contributed by atoms with van der Waals surface area (Å²) in [5, 5.41) is 4.25. The minimum atomic E-state index is 0.373. The molecule has 0 amide bonds. The van der Waals surface area contributed by atoms with Crippen molar-refractivity contribution in [2.75, 3.05) is 13.6 Å². The molecule has 0 unspecified atom stereocenters. The minimum absolute atomic E-state index is 0.373. The number of nitrogens with two attached hydrogens (primary N) is 1. The monoisotopic (exact) mass is 237 g/mol. The first-order valence-corrected chi connectivity index (χ1v) is 6.38. The van der Waals surface area contributed by atoms with Crippen LogP contribution in [0.2, 0.25) is 0 Å². The normalized spacial score (nSPS) is 24.4. The summed E-state index contributed by atoms with van der Waals surface area (Å²) < 4.78 is 1.99. The van der Waals surface area contributed by atoms with E-state index in [0.29, 0.717) is 12.1 Å². The van der Waals surface area contributed by atoms with Crippen molar-refractivity contribution in [3.63, 3.8) is 0 Å². The van der Waals surface area contributed by atoms with Crippen LogP contribution in [0.3, 0.4) is 0 Å². The lowest BCUT2D eigenvalue weighted by atomic mass is 9.81. The maximum atomic E-state index is 5.80. The molecule has 0 aliphatic heterocycles. The van der Waals surface area contributed by atoms with Crippen LogP contribution in [0.5, 0.6) is 0 Å². The van der Waals surface area contributed by atoms with E-state index in [2.05, 4.69) is 35.9 Å². The Morgan fingerprint density at radius 2 is 2.24 bits per heavy atom. The third-order valence-corrected chi connectivity index (χ3v) is 3.39. The summed E-state index contributed by atoms with van der Waals surface area (Å²) in [4.78, 5) is 6.65. The third kappa shape index (κ3) is 3.04. The van der Waals surface area contributed by atoms with Gasteiger partial charge in [-0.2, -0.15) is 5.10 Å². The van der Waals surface area contributed by atoms with Gasteiger partial charge >= 0.3 is 0 Å². The second-order valence-corrected chi connectivity index (χ2v) is 5.51. The van der Waals surface area contributed by atoms with Gasteiger partial charge in [-0.1, -0.05) is 0 Å². The first-order chi connectivity index (χ1) is 8.06. The van der Waals surface area contributed by atoms with Crippen molar-refractivity contribution < 1.29 is 0 Å². The van der Waals surface area contributed by atoms with E-state index in [1.54, 1.807) is 6.33 Å². The molecule has 0 radical (unpaired) electrons. The van der Waals surface area contributed by atoms with E-state index in [0.717, 1.165) is 24.8 Å². The Morgan fingerprint density at radius 1 is 1.53 bits per heavy atom. The molecule has 17 heavy (non-hydrogen) atoms. The standard InChI is InChI=1S/C12H23N5/c1-9(2)17-12(14-8-15-17)7-16(3)6-10-4-11(13)5-10/h8-11H,4-7,13H2,1-3H3. The largest absolute Gasteiger partial charge is 0.328 e. The van der Waals surface area contributed by atoms with E-state index in [1.165, 1.54) is 12.8 Å². The molecule has 2 rings (SSSR count). The Hall–Kier alpha value is -0.940. The maximum Gasteiger partial charge on any atom is 0.141 e. The van der Waals surface area contributed by atoms with Crippen LogP contribution in [-0.4, -0.2) is 39.3 Å². The van der Waals surface area contributed by atoms with E-state index < -0.39 is 0 Å². The van der Waals surface area contributed by atoms with Gasteiger partial charge < -0.3 is 5.73 Å². The van der Waals surface area contributed by atoms with Crippen molar-refractivity contribution in [3.8, 4) is 0 Å². The molecule has 1 aromatic heterocycles. The quantitative estimate of drug-likeness (QED) is 0.831. The Balaban J connectivity index is 1.85. The average molecular weight is 237 g/mol. The number of nitrogens with zero attached hydrogens (tertiary/aromatic N) is 4. The van der Waals surface area contributed by atoms with Crippen molar-refractivity contribution in [3.05, 3.63) is 12.2 Å². The predicted octanol–water partition coefficient (Wildman–Crippen LogP) is 1.03. The fraction of sp³-hybridized carbons (Fsp3) is 0.833. The molecule has 1 fully saturated rings. The van der Waals surface area contributed by atoms with Gasteiger partial charge in [-0.3, -0.25) is 4.90 Å². The lowest BCUT2D eigenvalue weighted by molar-refractivity contribution is 0.174. The molecule has 1 aliphatic carbocycles. The summed E-state index contributed by atoms with van der Waals surface area (Å²) in [5.41, 5.74) is 5.80. The molecule has 1 saturated carbocycles. The Bertz CT molecular complexity index is 354. The van der Waals surface area contributed by atoms with Gasteiger partial charge in [-0.25, -0.2) is 9.67 Å². The zero-order valence-corrected chi connectivity index (χ0v) is 11.0. The van der Waals surface area contributed by atoms with Gasteiger partial charge in [0.15, 0.2) is 0 Å². The highest BCUT2D eigenvalue weighted by molar-refractivity contribution is 4.88. The van der Waals surface area contributed by atoms with Crippen LogP contribution in [0.15, 0.2) is 6.33 Å². The molecule has 2 N–H and O–H groups in total. The Kier molecular flexibility index (Phi) is 3.79. The molecule has 0 spiro atoms. The molecular weight excluding hydrogens is 214 g/mol. The van der Waals surface area contributed by atoms with Crippen LogP contribution < -0.4 is 5.73 Å². The molecular formula is C12H23N5. The molecule has 1 heterocycles. The average Bonchev–Trinajstić information content (AvgIpc) is 2.63. The van der Waals surface area contributed by atoms with Crippen molar-refractivity contribution in [1.29, 1.82) is 0 Å². The summed E-state index contributed by atoms with van der Waals surface area (Å²) >= 11 is 0. The lowest BCUT2D eigenvalue weighted by Gasteiger charge is -2.35. The second-order valence-electron chi connectivity index (χ2n) is 5.51. The highest BCUT2D eigenvalue weighted by Crippen LogP contribution is 2.26. The zero-order chi connectivity index (χ0) is 12.4. The summed E-state index contributed by atoms with van der Waals surface area (Å²) in [6, 6.07) is 0.811. The zero-order valence-electron chi connectivity index (χ0n) is 11.0. The van der Waals surface area contributed by atoms with E-state index in [4.69, 9.17) is 5.73 Å². The number of hydrogen-bond acceptors (Lipinski definition) is 4. The fourth-order valence-corrected chi connectivity index (χ4v) is 2.50. The smallest absolute Gasteiger partial charge is 0.141 e. The first kappa shape index (κ1) is 12.5. The van der Waals surface area contributed by atoms with Crippen molar-refractivity contribution in [2.24, 2.45) is 11.7 Å². The van der Waals surface area contributed by atoms with Gasteiger partial charge in [0.2, 0.25) is 0 Å². The van der Waals surface area contributed by atoms with E-state index >= 15 is 0 Å². The summed E-state index contributed by atoms with van der Waals surface area (Å²) in [7, 11) is 2.14. The molecule has 5 nitrogen and oxygen atoms in total. The van der Waals surface area contributed by atoms with Gasteiger partial charge in [0.1, 0.15) is 12.2 Å². The van der Waals surface area contributed by atoms with Crippen LogP contribution in [0.1, 0.15) is 38.6 Å². The Labute approximate surface area is 103 Å². The van der Waals surface area contributed by atoms with Crippen molar-refractivity contribution in [2.45, 2.75) is 45.3 Å². The molecule has 0 aromatic carbocycles. The summed E-state index contributed by atoms with van der Waals surface area (Å²) in [5.74, 6) is 1.82. The van der Waals surface area contributed by atoms with Crippen LogP contribution in [0.25, 0.3) is 0 Å². The van der Waals surface area contributed by atoms with Crippen molar-refractivity contribution in [1.82, 2.24) is 19.7 Å². The van der Waals surface area contributed by atoms with Gasteiger partial charge in [0.25, 0.3) is 0 Å². The second kappa shape index (κ2) is 5.14. The van der Waals surface area contributed by atoms with Crippen molar-refractivity contribution >= 4 is 0 Å². The third-order valence-electron chi connectivity index (χ3n) is 3.39. The van der Waals surface area contributed by atoms with Gasteiger partial charge in [-0.05, 0) is 39.7 Å². The highest BCUT2D eigenvalue weighted by atomic mass is 15.4. The SMILES string of the molecule is CC(C)n1ncnc1CN(C)CC1CC(N)C1. The number of hydrogen-bond donors (Lipinski definition) is 1. The molecule has 0 atom stereocenters. The Morgan fingerprint density at radius 3 is 2.82 bits per heavy atom. The molecule has 96 valence electrons. The van der Waals surface area contributed by atoms with Crippen LogP contribution >= 0.6 is 0 Å².